The molecule has 0 spiro atoms. The number of carboxylic acids is 1. The number of carbonyl (C=O) groups is 3. The molecule has 0 aromatic carbocycles. The number of nitrogens with zero attached hydrogens (tertiary/aromatic N) is 2. The molecular weight excluding hydrogens is 254 g/mol. The second kappa shape index (κ2) is 6.93. The largest absolute Gasteiger partial charge is 0.481 e. The molecule has 0 unspecified atom stereocenters. The average molecular weight is 273 g/mol. The molecule has 1 aliphatic rings. The van der Waals surface area contributed by atoms with E-state index in [1.54, 1.807) is 0 Å². The first-order valence-corrected chi connectivity index (χ1v) is 5.94. The third-order valence-electron chi connectivity index (χ3n) is 2.84. The van der Waals surface area contributed by atoms with Crippen molar-refractivity contribution in [2.75, 3.05) is 46.9 Å². The molecule has 3 amide bonds. The summed E-state index contributed by atoms with van der Waals surface area (Å²) in [5.74, 6) is -1.67. The minimum atomic E-state index is -0.899. The molecule has 0 atom stereocenters. The van der Waals surface area contributed by atoms with Gasteiger partial charge in [-0.3, -0.25) is 9.59 Å². The number of urea groups is 1. The van der Waals surface area contributed by atoms with Crippen LogP contribution in [0.3, 0.4) is 0 Å². The predicted octanol–water partition coefficient (Wildman–Crippen LogP) is -1.18. The molecule has 0 aliphatic carbocycles. The van der Waals surface area contributed by atoms with Crippen LogP contribution in [0.15, 0.2) is 0 Å². The van der Waals surface area contributed by atoms with Crippen molar-refractivity contribution < 1.29 is 24.2 Å². The molecule has 0 radical (unpaired) electrons. The molecule has 19 heavy (non-hydrogen) atoms. The highest BCUT2D eigenvalue weighted by molar-refractivity contribution is 5.85. The van der Waals surface area contributed by atoms with Crippen molar-refractivity contribution in [2.24, 2.45) is 5.92 Å². The molecule has 1 fully saturated rings. The lowest BCUT2D eigenvalue weighted by Crippen LogP contribution is -2.57. The fraction of sp³-hybridized carbons (Fsp3) is 0.727. The highest BCUT2D eigenvalue weighted by atomic mass is 16.5. The summed E-state index contributed by atoms with van der Waals surface area (Å²) >= 11 is 0. The quantitative estimate of drug-likeness (QED) is 0.593. The van der Waals surface area contributed by atoms with Crippen LogP contribution >= 0.6 is 0 Å². The lowest BCUT2D eigenvalue weighted by molar-refractivity contribution is -0.146. The maximum atomic E-state index is 11.8. The van der Waals surface area contributed by atoms with Crippen LogP contribution in [0.5, 0.6) is 0 Å². The Kier molecular flexibility index (Phi) is 5.56. The van der Waals surface area contributed by atoms with Crippen molar-refractivity contribution in [3.63, 3.8) is 0 Å². The molecule has 0 bridgehead atoms. The molecule has 8 nitrogen and oxygen atoms in total. The summed E-state index contributed by atoms with van der Waals surface area (Å²) < 4.78 is 4.78. The summed E-state index contributed by atoms with van der Waals surface area (Å²) in [6, 6.07) is -0.334. The number of likely N-dealkylation sites (N-methyl/N-ethyl adjacent to an activating group) is 1. The maximum absolute atomic E-state index is 11.8. The number of likely N-dealkylation sites (tertiary alicyclic amines) is 1. The SMILES string of the molecule is COCCNC(=O)CN(C)C(=O)N1CC(C(=O)O)C1. The third kappa shape index (κ3) is 4.40. The van der Waals surface area contributed by atoms with Gasteiger partial charge in [-0.1, -0.05) is 0 Å². The second-order valence-electron chi connectivity index (χ2n) is 4.42. The molecule has 0 saturated carbocycles. The number of rotatable bonds is 6. The van der Waals surface area contributed by atoms with Crippen molar-refractivity contribution in [3.8, 4) is 0 Å². The van der Waals surface area contributed by atoms with E-state index in [2.05, 4.69) is 5.32 Å². The molecule has 1 saturated heterocycles. The van der Waals surface area contributed by atoms with Crippen LogP contribution in [0.2, 0.25) is 0 Å². The summed E-state index contributed by atoms with van der Waals surface area (Å²) in [7, 11) is 3.04. The maximum Gasteiger partial charge on any atom is 0.320 e. The van der Waals surface area contributed by atoms with Gasteiger partial charge in [0.2, 0.25) is 5.91 Å². The van der Waals surface area contributed by atoms with Gasteiger partial charge in [0, 0.05) is 33.8 Å². The van der Waals surface area contributed by atoms with Crippen molar-refractivity contribution in [3.05, 3.63) is 0 Å². The van der Waals surface area contributed by atoms with Crippen molar-refractivity contribution >= 4 is 17.9 Å². The number of carboxylic acid groups (broad SMARTS) is 1. The van der Waals surface area contributed by atoms with Crippen LogP contribution in [0.25, 0.3) is 0 Å². The van der Waals surface area contributed by atoms with Crippen LogP contribution in [0.1, 0.15) is 0 Å². The van der Waals surface area contributed by atoms with E-state index in [0.717, 1.165) is 0 Å². The zero-order valence-electron chi connectivity index (χ0n) is 11.1. The van der Waals surface area contributed by atoms with Crippen molar-refractivity contribution in [2.45, 2.75) is 0 Å². The Labute approximate surface area is 111 Å². The highest BCUT2D eigenvalue weighted by Crippen LogP contribution is 2.16. The fourth-order valence-corrected chi connectivity index (χ4v) is 1.66. The molecule has 2 N–H and O–H groups in total. The van der Waals surface area contributed by atoms with Crippen molar-refractivity contribution in [1.29, 1.82) is 0 Å². The molecule has 0 aromatic rings. The second-order valence-corrected chi connectivity index (χ2v) is 4.42. The van der Waals surface area contributed by atoms with E-state index >= 15 is 0 Å². The summed E-state index contributed by atoms with van der Waals surface area (Å²) in [6.07, 6.45) is 0. The zero-order valence-corrected chi connectivity index (χ0v) is 11.1. The van der Waals surface area contributed by atoms with Crippen molar-refractivity contribution in [1.82, 2.24) is 15.1 Å². The van der Waals surface area contributed by atoms with Gasteiger partial charge in [0.05, 0.1) is 12.5 Å². The Hall–Kier alpha value is -1.83. The van der Waals surface area contributed by atoms with E-state index in [4.69, 9.17) is 9.84 Å². The van der Waals surface area contributed by atoms with Gasteiger partial charge in [-0.2, -0.15) is 0 Å². The van der Waals surface area contributed by atoms with E-state index in [9.17, 15) is 14.4 Å². The van der Waals surface area contributed by atoms with Gasteiger partial charge >= 0.3 is 12.0 Å². The van der Waals surface area contributed by atoms with Crippen LogP contribution in [0.4, 0.5) is 4.79 Å². The van der Waals surface area contributed by atoms with Crippen LogP contribution in [-0.2, 0) is 14.3 Å². The van der Waals surface area contributed by atoms with Crippen LogP contribution in [0, 0.1) is 5.92 Å². The summed E-state index contributed by atoms with van der Waals surface area (Å²) in [6.45, 7) is 1.14. The zero-order chi connectivity index (χ0) is 14.4. The summed E-state index contributed by atoms with van der Waals surface area (Å²) in [5.41, 5.74) is 0. The first-order chi connectivity index (χ1) is 8.95. The lowest BCUT2D eigenvalue weighted by atomic mass is 10.0. The topological polar surface area (TPSA) is 99.2 Å². The Morgan fingerprint density at radius 2 is 2.05 bits per heavy atom. The van der Waals surface area contributed by atoms with Crippen LogP contribution in [-0.4, -0.2) is 79.8 Å². The van der Waals surface area contributed by atoms with Gasteiger partial charge in [-0.15, -0.1) is 0 Å². The minimum Gasteiger partial charge on any atom is -0.481 e. The number of aliphatic carboxylic acids is 1. The van der Waals surface area contributed by atoms with Gasteiger partial charge in [0.25, 0.3) is 0 Å². The number of amides is 3. The molecule has 1 aliphatic heterocycles. The fourth-order valence-electron chi connectivity index (χ4n) is 1.66. The first kappa shape index (κ1) is 15.2. The molecule has 8 heteroatoms. The van der Waals surface area contributed by atoms with E-state index < -0.39 is 11.9 Å². The minimum absolute atomic E-state index is 0.0587. The smallest absolute Gasteiger partial charge is 0.320 e. The Bertz CT molecular complexity index is 354. The number of hydrogen-bond acceptors (Lipinski definition) is 4. The predicted molar refractivity (Wildman–Crippen MR) is 65.6 cm³/mol. The highest BCUT2D eigenvalue weighted by Gasteiger charge is 2.37. The molecule has 0 aromatic heterocycles. The van der Waals surface area contributed by atoms with Gasteiger partial charge in [0.15, 0.2) is 0 Å². The van der Waals surface area contributed by atoms with Gasteiger partial charge in [-0.25, -0.2) is 4.79 Å². The van der Waals surface area contributed by atoms with Gasteiger partial charge < -0.3 is 25.0 Å². The number of methoxy groups -OCH3 is 1. The Morgan fingerprint density at radius 3 is 2.58 bits per heavy atom. The summed E-state index contributed by atoms with van der Waals surface area (Å²) in [5, 5.41) is 11.3. The monoisotopic (exact) mass is 273 g/mol. The average Bonchev–Trinajstić information content (AvgIpc) is 2.26. The molecular formula is C11H19N3O5. The van der Waals surface area contributed by atoms with E-state index in [-0.39, 0.29) is 31.6 Å². The normalized spacial score (nSPS) is 14.7. The molecule has 108 valence electrons. The Morgan fingerprint density at radius 1 is 1.42 bits per heavy atom. The number of ether oxygens (including phenoxy) is 1. The first-order valence-electron chi connectivity index (χ1n) is 5.94. The molecule has 1 rings (SSSR count). The van der Waals surface area contributed by atoms with Gasteiger partial charge in [-0.05, 0) is 0 Å². The Balaban J connectivity index is 2.26. The lowest BCUT2D eigenvalue weighted by Gasteiger charge is -2.38. The van der Waals surface area contributed by atoms with E-state index in [1.165, 1.54) is 24.0 Å². The van der Waals surface area contributed by atoms with Crippen LogP contribution < -0.4 is 5.32 Å². The van der Waals surface area contributed by atoms with E-state index in [1.807, 2.05) is 0 Å². The molecule has 1 heterocycles. The number of hydrogen-bond donors (Lipinski definition) is 2. The number of nitrogens with one attached hydrogen (secondary N) is 1. The standard InChI is InChI=1S/C11H19N3O5/c1-13(7-9(15)12-3-4-19-2)11(18)14-5-8(6-14)10(16)17/h8H,3-7H2,1-2H3,(H,12,15)(H,16,17). The van der Waals surface area contributed by atoms with E-state index in [0.29, 0.717) is 13.2 Å². The summed E-state index contributed by atoms with van der Waals surface area (Å²) in [4.78, 5) is 36.6. The van der Waals surface area contributed by atoms with Gasteiger partial charge in [0.1, 0.15) is 6.54 Å². The number of carbonyl (C=O) groups excluding carboxylic acids is 2. The third-order valence-corrected chi connectivity index (χ3v) is 2.84.